The molecular weight excluding hydrogens is 198 g/mol. The number of carbonyl (C=O) groups excluding carboxylic acids is 1. The van der Waals surface area contributed by atoms with Gasteiger partial charge in [0.05, 0.1) is 0 Å². The first-order valence-corrected chi connectivity index (χ1v) is 4.71. The molecule has 7 nitrogen and oxygen atoms in total. The van der Waals surface area contributed by atoms with Crippen LogP contribution in [-0.2, 0) is 0 Å². The molecule has 1 amide bonds. The lowest BCUT2D eigenvalue weighted by atomic mass is 10.3. The molecule has 0 aliphatic carbocycles. The Morgan fingerprint density at radius 1 is 1.67 bits per heavy atom. The Kier molecular flexibility index (Phi) is 4.72. The average Bonchev–Trinajstić information content (AvgIpc) is 2.72. The van der Waals surface area contributed by atoms with Gasteiger partial charge in [0, 0.05) is 25.7 Å². The van der Waals surface area contributed by atoms with Crippen LogP contribution in [0.15, 0.2) is 10.8 Å². The molecule has 7 heteroatoms. The van der Waals surface area contributed by atoms with Crippen LogP contribution in [0.2, 0.25) is 0 Å². The second kappa shape index (κ2) is 6.10. The fourth-order valence-corrected chi connectivity index (χ4v) is 1.07. The normalized spacial score (nSPS) is 20.2. The van der Waals surface area contributed by atoms with Crippen molar-refractivity contribution in [2.24, 2.45) is 5.73 Å². The molecule has 1 saturated heterocycles. The number of nitrogens with zero attached hydrogens (tertiary/aromatic N) is 2. The second-order valence-corrected chi connectivity index (χ2v) is 3.22. The van der Waals surface area contributed by atoms with Crippen molar-refractivity contribution in [1.29, 1.82) is 0 Å². The largest absolute Gasteiger partial charge is 0.364 e. The number of rotatable bonds is 1. The Hall–Kier alpha value is -1.47. The van der Waals surface area contributed by atoms with E-state index < -0.39 is 5.91 Å². The van der Waals surface area contributed by atoms with Crippen molar-refractivity contribution in [2.75, 3.05) is 19.6 Å². The van der Waals surface area contributed by atoms with E-state index in [1.165, 1.54) is 0 Å². The Bertz CT molecular complexity index is 281. The van der Waals surface area contributed by atoms with Gasteiger partial charge in [-0.3, -0.25) is 4.79 Å². The standard InChI is InChI=1S/C5H12N2.C3H3N3O2/c1-5-4-6-2-3-7-5;4-3(7)2-1-5-8-6-2/h5-7H,2-4H2,1H3;1H,(H2,4,7). The van der Waals surface area contributed by atoms with Crippen molar-refractivity contribution in [2.45, 2.75) is 13.0 Å². The summed E-state index contributed by atoms with van der Waals surface area (Å²) in [6.07, 6.45) is 1.16. The maximum absolute atomic E-state index is 10.1. The lowest BCUT2D eigenvalue weighted by Gasteiger charge is -2.19. The first kappa shape index (κ1) is 11.6. The molecule has 1 aromatic heterocycles. The molecule has 1 unspecified atom stereocenters. The zero-order valence-corrected chi connectivity index (χ0v) is 8.56. The summed E-state index contributed by atoms with van der Waals surface area (Å²) in [5, 5.41) is 12.9. The molecule has 0 radical (unpaired) electrons. The van der Waals surface area contributed by atoms with Crippen molar-refractivity contribution >= 4 is 5.91 Å². The van der Waals surface area contributed by atoms with E-state index in [0.29, 0.717) is 6.04 Å². The maximum Gasteiger partial charge on any atom is 0.272 e. The quantitative estimate of drug-likeness (QED) is 0.537. The van der Waals surface area contributed by atoms with Crippen LogP contribution in [-0.4, -0.2) is 41.9 Å². The van der Waals surface area contributed by atoms with Crippen molar-refractivity contribution in [3.8, 4) is 0 Å². The Morgan fingerprint density at radius 3 is 2.73 bits per heavy atom. The number of nitrogens with one attached hydrogen (secondary N) is 2. The molecule has 1 aromatic rings. The smallest absolute Gasteiger partial charge is 0.272 e. The van der Waals surface area contributed by atoms with Crippen LogP contribution in [0.4, 0.5) is 0 Å². The molecule has 0 spiro atoms. The van der Waals surface area contributed by atoms with Gasteiger partial charge in [0.1, 0.15) is 6.20 Å². The average molecular weight is 213 g/mol. The predicted molar refractivity (Wildman–Crippen MR) is 53.2 cm³/mol. The van der Waals surface area contributed by atoms with E-state index in [4.69, 9.17) is 5.73 Å². The van der Waals surface area contributed by atoms with E-state index in [0.717, 1.165) is 25.8 Å². The van der Waals surface area contributed by atoms with Crippen molar-refractivity contribution < 1.29 is 9.42 Å². The van der Waals surface area contributed by atoms with Gasteiger partial charge in [-0.1, -0.05) is 5.16 Å². The number of primary amides is 1. The molecule has 0 saturated carbocycles. The van der Waals surface area contributed by atoms with Gasteiger partial charge in [-0.25, -0.2) is 4.63 Å². The van der Waals surface area contributed by atoms with Gasteiger partial charge in [0.15, 0.2) is 5.69 Å². The lowest BCUT2D eigenvalue weighted by Crippen LogP contribution is -2.46. The van der Waals surface area contributed by atoms with Gasteiger partial charge < -0.3 is 16.4 Å². The van der Waals surface area contributed by atoms with Crippen LogP contribution in [0.1, 0.15) is 17.4 Å². The van der Waals surface area contributed by atoms with Crippen LogP contribution in [0.25, 0.3) is 0 Å². The predicted octanol–water partition coefficient (Wildman–Crippen LogP) is -1.26. The molecule has 0 aromatic carbocycles. The molecule has 2 heterocycles. The van der Waals surface area contributed by atoms with Gasteiger partial charge in [0.25, 0.3) is 5.91 Å². The van der Waals surface area contributed by atoms with Gasteiger partial charge >= 0.3 is 0 Å². The SMILES string of the molecule is CC1CNCCN1.NC(=O)c1cnon1. The molecule has 2 rings (SSSR count). The minimum absolute atomic E-state index is 0.0463. The van der Waals surface area contributed by atoms with E-state index in [2.05, 4.69) is 32.5 Å². The highest BCUT2D eigenvalue weighted by Crippen LogP contribution is 1.85. The van der Waals surface area contributed by atoms with Gasteiger partial charge in [-0.15, -0.1) is 0 Å². The molecule has 1 aliphatic rings. The van der Waals surface area contributed by atoms with Crippen LogP contribution < -0.4 is 16.4 Å². The summed E-state index contributed by atoms with van der Waals surface area (Å²) in [6.45, 7) is 5.57. The maximum atomic E-state index is 10.1. The van der Waals surface area contributed by atoms with E-state index in [1.807, 2.05) is 0 Å². The van der Waals surface area contributed by atoms with Crippen LogP contribution in [0.3, 0.4) is 0 Å². The van der Waals surface area contributed by atoms with Gasteiger partial charge in [-0.05, 0) is 12.1 Å². The molecule has 0 bridgehead atoms. The summed E-state index contributed by atoms with van der Waals surface area (Å²) in [6, 6.07) is 0.675. The van der Waals surface area contributed by atoms with Gasteiger partial charge in [0.2, 0.25) is 0 Å². The Labute approximate surface area is 87.4 Å². The highest BCUT2D eigenvalue weighted by atomic mass is 16.6. The summed E-state index contributed by atoms with van der Waals surface area (Å²) in [5.41, 5.74) is 4.80. The monoisotopic (exact) mass is 213 g/mol. The Morgan fingerprint density at radius 2 is 2.47 bits per heavy atom. The second-order valence-electron chi connectivity index (χ2n) is 3.22. The number of hydrogen-bond acceptors (Lipinski definition) is 6. The summed E-state index contributed by atoms with van der Waals surface area (Å²) < 4.78 is 4.07. The van der Waals surface area contributed by atoms with Gasteiger partial charge in [-0.2, -0.15) is 0 Å². The third-order valence-corrected chi connectivity index (χ3v) is 1.86. The van der Waals surface area contributed by atoms with Crippen molar-refractivity contribution in [3.05, 3.63) is 11.9 Å². The number of piperazine rings is 1. The Balaban J connectivity index is 0.000000151. The van der Waals surface area contributed by atoms with E-state index >= 15 is 0 Å². The first-order valence-electron chi connectivity index (χ1n) is 4.71. The number of nitrogens with two attached hydrogens (primary N) is 1. The zero-order chi connectivity index (χ0) is 11.1. The summed E-state index contributed by atoms with van der Waals surface area (Å²) in [4.78, 5) is 10.1. The summed E-state index contributed by atoms with van der Waals surface area (Å²) in [5.74, 6) is -0.633. The number of amides is 1. The molecule has 1 aliphatic heterocycles. The minimum atomic E-state index is -0.633. The lowest BCUT2D eigenvalue weighted by molar-refractivity contribution is 0.0991. The van der Waals surface area contributed by atoms with Crippen LogP contribution in [0, 0.1) is 0 Å². The molecule has 1 atom stereocenters. The fourth-order valence-electron chi connectivity index (χ4n) is 1.07. The third kappa shape index (κ3) is 4.52. The number of hydrogen-bond donors (Lipinski definition) is 3. The zero-order valence-electron chi connectivity index (χ0n) is 8.56. The summed E-state index contributed by atoms with van der Waals surface area (Å²) >= 11 is 0. The number of carbonyl (C=O) groups is 1. The van der Waals surface area contributed by atoms with Crippen molar-refractivity contribution in [3.63, 3.8) is 0 Å². The fraction of sp³-hybridized carbons (Fsp3) is 0.625. The third-order valence-electron chi connectivity index (χ3n) is 1.86. The summed E-state index contributed by atoms with van der Waals surface area (Å²) in [7, 11) is 0. The highest BCUT2D eigenvalue weighted by Gasteiger charge is 2.03. The molecule has 15 heavy (non-hydrogen) atoms. The molecular formula is C8H15N5O2. The topological polar surface area (TPSA) is 106 Å². The molecule has 1 fully saturated rings. The van der Waals surface area contributed by atoms with Crippen LogP contribution in [0.5, 0.6) is 0 Å². The minimum Gasteiger partial charge on any atom is -0.364 e. The first-order chi connectivity index (χ1) is 7.20. The molecule has 4 N–H and O–H groups in total. The molecule has 84 valence electrons. The highest BCUT2D eigenvalue weighted by molar-refractivity contribution is 5.90. The van der Waals surface area contributed by atoms with E-state index in [1.54, 1.807) is 0 Å². The number of aromatic nitrogens is 2. The van der Waals surface area contributed by atoms with E-state index in [9.17, 15) is 4.79 Å². The van der Waals surface area contributed by atoms with E-state index in [-0.39, 0.29) is 5.69 Å². The van der Waals surface area contributed by atoms with Crippen LogP contribution >= 0.6 is 0 Å². The van der Waals surface area contributed by atoms with Crippen molar-refractivity contribution in [1.82, 2.24) is 20.9 Å².